The summed E-state index contributed by atoms with van der Waals surface area (Å²) in [5, 5.41) is 3.25. The second-order valence-corrected chi connectivity index (χ2v) is 12.3. The monoisotopic (exact) mass is 488 g/mol. The van der Waals surface area contributed by atoms with Gasteiger partial charge in [0.15, 0.2) is 0 Å². The van der Waals surface area contributed by atoms with E-state index in [1.165, 1.54) is 18.4 Å². The summed E-state index contributed by atoms with van der Waals surface area (Å²) in [5.74, 6) is 1.06. The van der Waals surface area contributed by atoms with Gasteiger partial charge in [0.05, 0.1) is 5.92 Å². The van der Waals surface area contributed by atoms with Gasteiger partial charge in [-0.25, -0.2) is 0 Å². The lowest BCUT2D eigenvalue weighted by molar-refractivity contribution is -0.124. The molecule has 1 aliphatic carbocycles. The SMILES string of the molecule is Cc1cccc(C)c1C(=O)N1CCC[C@H](C(=O)Nc2cccc(C(C)(C)C)c2)C1C1CCC(C)CC1. The zero-order valence-electron chi connectivity index (χ0n) is 23.1. The van der Waals surface area contributed by atoms with Crippen molar-refractivity contribution in [3.63, 3.8) is 0 Å². The quantitative estimate of drug-likeness (QED) is 0.491. The van der Waals surface area contributed by atoms with Crippen LogP contribution in [0.1, 0.15) is 93.3 Å². The van der Waals surface area contributed by atoms with E-state index in [-0.39, 0.29) is 29.2 Å². The number of amides is 2. The Morgan fingerprint density at radius 3 is 2.19 bits per heavy atom. The van der Waals surface area contributed by atoms with Crippen molar-refractivity contribution in [2.24, 2.45) is 17.8 Å². The number of benzene rings is 2. The summed E-state index contributed by atoms with van der Waals surface area (Å²) in [6.07, 6.45) is 6.22. The van der Waals surface area contributed by atoms with E-state index in [4.69, 9.17) is 0 Å². The third-order valence-corrected chi connectivity index (χ3v) is 8.52. The predicted molar refractivity (Wildman–Crippen MR) is 148 cm³/mol. The summed E-state index contributed by atoms with van der Waals surface area (Å²) >= 11 is 0. The topological polar surface area (TPSA) is 49.4 Å². The molecule has 1 saturated heterocycles. The van der Waals surface area contributed by atoms with Crippen molar-refractivity contribution in [2.75, 3.05) is 11.9 Å². The number of anilines is 1. The largest absolute Gasteiger partial charge is 0.335 e. The van der Waals surface area contributed by atoms with E-state index in [2.05, 4.69) is 50.0 Å². The van der Waals surface area contributed by atoms with Crippen LogP contribution in [-0.4, -0.2) is 29.3 Å². The standard InChI is InChI=1S/C32H44N2O2/c1-21-15-17-24(18-16-21)29-27(30(35)33-26-13-8-12-25(20-26)32(4,5)6)14-9-19-34(29)31(36)28-22(2)10-7-11-23(28)3/h7-8,10-13,20-21,24,27,29H,9,14-19H2,1-6H3,(H,33,35)/t21?,24?,27-,29?/m0/s1. The van der Waals surface area contributed by atoms with Crippen molar-refractivity contribution < 1.29 is 9.59 Å². The lowest BCUT2D eigenvalue weighted by Crippen LogP contribution is -2.55. The number of piperidine rings is 1. The Bertz CT molecular complexity index is 1070. The van der Waals surface area contributed by atoms with E-state index >= 15 is 0 Å². The number of nitrogens with one attached hydrogen (secondary N) is 1. The summed E-state index contributed by atoms with van der Waals surface area (Å²) in [4.78, 5) is 29.9. The Morgan fingerprint density at radius 1 is 0.917 bits per heavy atom. The van der Waals surface area contributed by atoms with Gasteiger partial charge in [0.25, 0.3) is 5.91 Å². The summed E-state index contributed by atoms with van der Waals surface area (Å²) in [5.41, 5.74) is 4.91. The molecule has 0 bridgehead atoms. The molecule has 194 valence electrons. The molecule has 1 N–H and O–H groups in total. The van der Waals surface area contributed by atoms with Gasteiger partial charge in [-0.15, -0.1) is 0 Å². The van der Waals surface area contributed by atoms with Gasteiger partial charge in [0, 0.05) is 23.8 Å². The van der Waals surface area contributed by atoms with Crippen molar-refractivity contribution in [3.05, 3.63) is 64.7 Å². The molecular formula is C32H44N2O2. The average molecular weight is 489 g/mol. The number of carbonyl (C=O) groups is 2. The zero-order chi connectivity index (χ0) is 26.0. The van der Waals surface area contributed by atoms with Crippen LogP contribution in [0.3, 0.4) is 0 Å². The summed E-state index contributed by atoms with van der Waals surface area (Å²) in [6, 6.07) is 14.2. The fourth-order valence-corrected chi connectivity index (χ4v) is 6.35. The number of nitrogens with zero attached hydrogens (tertiary/aromatic N) is 1. The second kappa shape index (κ2) is 10.8. The molecule has 4 rings (SSSR count). The Hall–Kier alpha value is -2.62. The fraction of sp³-hybridized carbons (Fsp3) is 0.562. The highest BCUT2D eigenvalue weighted by Gasteiger charge is 2.44. The smallest absolute Gasteiger partial charge is 0.254 e. The summed E-state index contributed by atoms with van der Waals surface area (Å²) in [6.45, 7) is 13.7. The predicted octanol–water partition coefficient (Wildman–Crippen LogP) is 7.29. The number of aryl methyl sites for hydroxylation is 2. The average Bonchev–Trinajstić information content (AvgIpc) is 2.83. The maximum atomic E-state index is 14.0. The van der Waals surface area contributed by atoms with Crippen molar-refractivity contribution in [1.29, 1.82) is 0 Å². The van der Waals surface area contributed by atoms with E-state index in [1.54, 1.807) is 0 Å². The molecule has 2 fully saturated rings. The second-order valence-electron chi connectivity index (χ2n) is 12.3. The zero-order valence-corrected chi connectivity index (χ0v) is 23.1. The van der Waals surface area contributed by atoms with Crippen molar-refractivity contribution in [1.82, 2.24) is 4.90 Å². The van der Waals surface area contributed by atoms with Gasteiger partial charge in [0.1, 0.15) is 0 Å². The molecule has 0 spiro atoms. The highest BCUT2D eigenvalue weighted by molar-refractivity contribution is 5.99. The first-order valence-corrected chi connectivity index (χ1v) is 13.8. The molecule has 1 aliphatic heterocycles. The Balaban J connectivity index is 1.64. The van der Waals surface area contributed by atoms with Crippen LogP contribution < -0.4 is 5.32 Å². The van der Waals surface area contributed by atoms with Crippen LogP contribution in [0, 0.1) is 31.6 Å². The summed E-state index contributed by atoms with van der Waals surface area (Å²) in [7, 11) is 0. The first-order valence-electron chi connectivity index (χ1n) is 13.8. The van der Waals surface area contributed by atoms with E-state index in [9.17, 15) is 9.59 Å². The Labute approximate surface area is 217 Å². The molecule has 1 unspecified atom stereocenters. The lowest BCUT2D eigenvalue weighted by Gasteiger charge is -2.46. The number of carbonyl (C=O) groups excluding carboxylic acids is 2. The number of hydrogen-bond donors (Lipinski definition) is 1. The van der Waals surface area contributed by atoms with Crippen molar-refractivity contribution >= 4 is 17.5 Å². The maximum Gasteiger partial charge on any atom is 0.254 e. The van der Waals surface area contributed by atoms with E-state index in [0.29, 0.717) is 5.92 Å². The van der Waals surface area contributed by atoms with Gasteiger partial charge in [-0.1, -0.05) is 70.9 Å². The molecule has 4 nitrogen and oxygen atoms in total. The molecule has 2 aromatic rings. The Morgan fingerprint density at radius 2 is 1.56 bits per heavy atom. The number of hydrogen-bond acceptors (Lipinski definition) is 2. The molecule has 0 aromatic heterocycles. The minimum absolute atomic E-state index is 0.0154. The third-order valence-electron chi connectivity index (χ3n) is 8.52. The first-order chi connectivity index (χ1) is 17.1. The first kappa shape index (κ1) is 26.4. The fourth-order valence-electron chi connectivity index (χ4n) is 6.35. The van der Waals surface area contributed by atoms with Gasteiger partial charge in [-0.05, 0) is 85.6 Å². The highest BCUT2D eigenvalue weighted by Crippen LogP contribution is 2.40. The molecule has 4 heteroatoms. The molecule has 1 heterocycles. The van der Waals surface area contributed by atoms with Crippen LogP contribution in [-0.2, 0) is 10.2 Å². The van der Waals surface area contributed by atoms with Gasteiger partial charge in [-0.3, -0.25) is 9.59 Å². The van der Waals surface area contributed by atoms with Crippen LogP contribution in [0.2, 0.25) is 0 Å². The van der Waals surface area contributed by atoms with Crippen molar-refractivity contribution in [3.8, 4) is 0 Å². The molecule has 2 aliphatic rings. The summed E-state index contributed by atoms with van der Waals surface area (Å²) < 4.78 is 0. The van der Waals surface area contributed by atoms with Crippen LogP contribution >= 0.6 is 0 Å². The Kier molecular flexibility index (Phi) is 7.92. The van der Waals surface area contributed by atoms with E-state index < -0.39 is 0 Å². The van der Waals surface area contributed by atoms with Crippen LogP contribution in [0.25, 0.3) is 0 Å². The van der Waals surface area contributed by atoms with Gasteiger partial charge in [-0.2, -0.15) is 0 Å². The van der Waals surface area contributed by atoms with Gasteiger partial charge >= 0.3 is 0 Å². The highest BCUT2D eigenvalue weighted by atomic mass is 16.2. The number of likely N-dealkylation sites (tertiary alicyclic amines) is 1. The van der Waals surface area contributed by atoms with E-state index in [1.807, 2.05) is 44.2 Å². The normalized spacial score (nSPS) is 24.9. The maximum absolute atomic E-state index is 14.0. The van der Waals surface area contributed by atoms with Crippen LogP contribution in [0.15, 0.2) is 42.5 Å². The third kappa shape index (κ3) is 5.68. The molecular weight excluding hydrogens is 444 g/mol. The molecule has 2 amide bonds. The van der Waals surface area contributed by atoms with Crippen LogP contribution in [0.4, 0.5) is 5.69 Å². The van der Waals surface area contributed by atoms with Gasteiger partial charge in [0.2, 0.25) is 5.91 Å². The molecule has 0 radical (unpaired) electrons. The molecule has 1 saturated carbocycles. The van der Waals surface area contributed by atoms with E-state index in [0.717, 1.165) is 60.5 Å². The minimum atomic E-state index is -0.191. The molecule has 2 atom stereocenters. The number of rotatable bonds is 4. The van der Waals surface area contributed by atoms with Crippen molar-refractivity contribution in [2.45, 2.75) is 91.5 Å². The lowest BCUT2D eigenvalue weighted by atomic mass is 9.72. The van der Waals surface area contributed by atoms with Crippen LogP contribution in [0.5, 0.6) is 0 Å². The molecule has 36 heavy (non-hydrogen) atoms. The molecule has 2 aromatic carbocycles. The minimum Gasteiger partial charge on any atom is -0.335 e. The van der Waals surface area contributed by atoms with Gasteiger partial charge < -0.3 is 10.2 Å².